The quantitative estimate of drug-likeness (QED) is 0.345. The van der Waals surface area contributed by atoms with Gasteiger partial charge in [-0.3, -0.25) is 23.8 Å². The molecule has 1 amide bonds. The van der Waals surface area contributed by atoms with Gasteiger partial charge in [0.15, 0.2) is 0 Å². The fourth-order valence-electron chi connectivity index (χ4n) is 5.55. The molecule has 0 unspecified atom stereocenters. The van der Waals surface area contributed by atoms with Crippen LogP contribution in [-0.4, -0.2) is 39.8 Å². The standard InChI is InChI=1S/C31H32N8O2/c1-19-8-9-27(38-17-32-15-21(38)3)23(12-19)24-14-29(40)39(18-34-24)28-7-5-6-20(2)31(41)36-26-16-35-37(4)30(26)22-10-11-33-25(28)13-22/h8-18,20,28H,5-7H2,1-4H3,(H,36,41)/t20-,28+/m1/s1. The number of rotatable bonds is 3. The number of carbonyl (C=O) groups is 1. The maximum atomic E-state index is 13.8. The molecule has 1 N–H and O–H groups in total. The lowest BCUT2D eigenvalue weighted by molar-refractivity contribution is -0.119. The summed E-state index contributed by atoms with van der Waals surface area (Å²) in [6, 6.07) is 11.2. The molecule has 1 aromatic carbocycles. The van der Waals surface area contributed by atoms with E-state index in [4.69, 9.17) is 9.97 Å². The van der Waals surface area contributed by atoms with Crippen molar-refractivity contribution in [2.75, 3.05) is 5.32 Å². The Balaban J connectivity index is 1.44. The van der Waals surface area contributed by atoms with Gasteiger partial charge in [-0.05, 0) is 51.0 Å². The molecule has 5 heterocycles. The topological polar surface area (TPSA) is 113 Å². The molecule has 0 spiro atoms. The van der Waals surface area contributed by atoms with Crippen molar-refractivity contribution in [1.82, 2.24) is 33.9 Å². The number of aryl methyl sites for hydroxylation is 3. The van der Waals surface area contributed by atoms with Crippen molar-refractivity contribution in [3.05, 3.63) is 94.9 Å². The Morgan fingerprint density at radius 3 is 2.61 bits per heavy atom. The number of benzene rings is 1. The van der Waals surface area contributed by atoms with Gasteiger partial charge in [-0.2, -0.15) is 5.10 Å². The zero-order valence-electron chi connectivity index (χ0n) is 23.6. The van der Waals surface area contributed by atoms with E-state index in [1.807, 2.05) is 62.7 Å². The van der Waals surface area contributed by atoms with E-state index >= 15 is 0 Å². The van der Waals surface area contributed by atoms with Crippen LogP contribution in [0.1, 0.15) is 49.2 Å². The van der Waals surface area contributed by atoms with Crippen LogP contribution in [0.4, 0.5) is 5.69 Å². The molecule has 2 bridgehead atoms. The van der Waals surface area contributed by atoms with Gasteiger partial charge in [0, 0.05) is 48.2 Å². The lowest BCUT2D eigenvalue weighted by atomic mass is 9.97. The van der Waals surface area contributed by atoms with Gasteiger partial charge < -0.3 is 9.88 Å². The van der Waals surface area contributed by atoms with E-state index in [1.54, 1.807) is 46.6 Å². The normalized spacial score (nSPS) is 17.3. The minimum atomic E-state index is -0.344. The highest BCUT2D eigenvalue weighted by molar-refractivity contribution is 5.95. The van der Waals surface area contributed by atoms with Crippen LogP contribution in [0.25, 0.3) is 28.2 Å². The number of amides is 1. The molecule has 41 heavy (non-hydrogen) atoms. The second-order valence-corrected chi connectivity index (χ2v) is 10.8. The molecule has 1 aliphatic rings. The second kappa shape index (κ2) is 10.6. The Hall–Kier alpha value is -4.86. The van der Waals surface area contributed by atoms with Crippen molar-refractivity contribution >= 4 is 11.6 Å². The van der Waals surface area contributed by atoms with E-state index in [1.165, 1.54) is 0 Å². The van der Waals surface area contributed by atoms with Crippen LogP contribution in [0.5, 0.6) is 0 Å². The number of carbonyl (C=O) groups excluding carboxylic acids is 1. The molecule has 4 aromatic heterocycles. The van der Waals surface area contributed by atoms with Crippen molar-refractivity contribution in [3.8, 4) is 28.2 Å². The van der Waals surface area contributed by atoms with Crippen molar-refractivity contribution in [1.29, 1.82) is 0 Å². The first kappa shape index (κ1) is 26.4. The molecule has 5 aromatic rings. The van der Waals surface area contributed by atoms with Gasteiger partial charge in [0.1, 0.15) is 0 Å². The zero-order chi connectivity index (χ0) is 28.7. The maximum Gasteiger partial charge on any atom is 0.254 e. The van der Waals surface area contributed by atoms with Crippen molar-refractivity contribution < 1.29 is 4.79 Å². The summed E-state index contributed by atoms with van der Waals surface area (Å²) in [7, 11) is 1.84. The first-order valence-corrected chi connectivity index (χ1v) is 13.8. The number of hydrogen-bond donors (Lipinski definition) is 1. The van der Waals surface area contributed by atoms with Crippen LogP contribution in [0.2, 0.25) is 0 Å². The van der Waals surface area contributed by atoms with E-state index in [-0.39, 0.29) is 23.4 Å². The van der Waals surface area contributed by atoms with Crippen LogP contribution < -0.4 is 10.9 Å². The Labute approximate surface area is 237 Å². The minimum Gasteiger partial charge on any atom is -0.323 e. The molecule has 0 saturated heterocycles. The van der Waals surface area contributed by atoms with Crippen molar-refractivity contribution in [2.45, 2.75) is 46.1 Å². The molecule has 0 radical (unpaired) electrons. The number of imidazole rings is 1. The molecule has 0 aliphatic carbocycles. The second-order valence-electron chi connectivity index (χ2n) is 10.8. The van der Waals surface area contributed by atoms with Gasteiger partial charge >= 0.3 is 0 Å². The predicted molar refractivity (Wildman–Crippen MR) is 157 cm³/mol. The highest BCUT2D eigenvalue weighted by Crippen LogP contribution is 2.33. The van der Waals surface area contributed by atoms with Gasteiger partial charge in [-0.15, -0.1) is 0 Å². The van der Waals surface area contributed by atoms with Crippen LogP contribution in [0.15, 0.2) is 72.4 Å². The fourth-order valence-corrected chi connectivity index (χ4v) is 5.55. The minimum absolute atomic E-state index is 0.0454. The number of nitrogens with zero attached hydrogens (tertiary/aromatic N) is 7. The number of hydrogen-bond acceptors (Lipinski definition) is 6. The molecule has 0 fully saturated rings. The average molecular weight is 549 g/mol. The molecule has 208 valence electrons. The monoisotopic (exact) mass is 548 g/mol. The van der Waals surface area contributed by atoms with E-state index in [0.717, 1.165) is 45.9 Å². The summed E-state index contributed by atoms with van der Waals surface area (Å²) in [6.07, 6.45) is 10.7. The summed E-state index contributed by atoms with van der Waals surface area (Å²) in [5, 5.41) is 7.42. The third kappa shape index (κ3) is 4.97. The zero-order valence-corrected chi connectivity index (χ0v) is 23.6. The lowest BCUT2D eigenvalue weighted by Gasteiger charge is -2.22. The van der Waals surface area contributed by atoms with Gasteiger partial charge in [-0.25, -0.2) is 9.97 Å². The molecule has 0 saturated carbocycles. The molecule has 10 heteroatoms. The maximum absolute atomic E-state index is 13.8. The third-order valence-electron chi connectivity index (χ3n) is 7.84. The Morgan fingerprint density at radius 1 is 0.976 bits per heavy atom. The Morgan fingerprint density at radius 2 is 1.83 bits per heavy atom. The predicted octanol–water partition coefficient (Wildman–Crippen LogP) is 4.86. The smallest absolute Gasteiger partial charge is 0.254 e. The average Bonchev–Trinajstić information content (AvgIpc) is 3.55. The number of fused-ring (bicyclic) bond motifs is 4. The summed E-state index contributed by atoms with van der Waals surface area (Å²) < 4.78 is 5.40. The highest BCUT2D eigenvalue weighted by atomic mass is 16.2. The third-order valence-corrected chi connectivity index (χ3v) is 7.84. The van der Waals surface area contributed by atoms with Gasteiger partial charge in [-0.1, -0.05) is 25.0 Å². The molecule has 6 rings (SSSR count). The first-order valence-electron chi connectivity index (χ1n) is 13.8. The van der Waals surface area contributed by atoms with Gasteiger partial charge in [0.25, 0.3) is 5.56 Å². The number of aromatic nitrogens is 7. The summed E-state index contributed by atoms with van der Waals surface area (Å²) in [4.78, 5) is 40.4. The van der Waals surface area contributed by atoms with Crippen LogP contribution >= 0.6 is 0 Å². The summed E-state index contributed by atoms with van der Waals surface area (Å²) in [6.45, 7) is 5.94. The number of anilines is 1. The summed E-state index contributed by atoms with van der Waals surface area (Å²) in [5.41, 5.74) is 7.33. The SMILES string of the molecule is Cc1ccc(-n2cncc2C)c(-c2cc(=O)n([C@H]3CCC[C@@H](C)C(=O)Nc4cnn(C)c4-c4ccnc3c4)cn2)c1. The Kier molecular flexibility index (Phi) is 6.82. The molecule has 10 nitrogen and oxygen atoms in total. The van der Waals surface area contributed by atoms with Crippen molar-refractivity contribution in [3.63, 3.8) is 0 Å². The fraction of sp³-hybridized carbons (Fsp3) is 0.290. The van der Waals surface area contributed by atoms with E-state index < -0.39 is 0 Å². The molecular weight excluding hydrogens is 516 g/mol. The van der Waals surface area contributed by atoms with Crippen LogP contribution in [0.3, 0.4) is 0 Å². The largest absolute Gasteiger partial charge is 0.323 e. The number of pyridine rings is 1. The molecule has 2 atom stereocenters. The lowest BCUT2D eigenvalue weighted by Crippen LogP contribution is -2.27. The molecular formula is C31H32N8O2. The van der Waals surface area contributed by atoms with E-state index in [2.05, 4.69) is 15.4 Å². The van der Waals surface area contributed by atoms with Crippen LogP contribution in [-0.2, 0) is 11.8 Å². The first-order chi connectivity index (χ1) is 19.8. The Bertz CT molecular complexity index is 1810. The van der Waals surface area contributed by atoms with Crippen molar-refractivity contribution in [2.24, 2.45) is 13.0 Å². The van der Waals surface area contributed by atoms with Gasteiger partial charge in [0.05, 0.1) is 53.3 Å². The van der Waals surface area contributed by atoms with E-state index in [0.29, 0.717) is 24.2 Å². The van der Waals surface area contributed by atoms with E-state index in [9.17, 15) is 9.59 Å². The van der Waals surface area contributed by atoms with Gasteiger partial charge in [0.2, 0.25) is 5.91 Å². The summed E-state index contributed by atoms with van der Waals surface area (Å²) >= 11 is 0. The highest BCUT2D eigenvalue weighted by Gasteiger charge is 2.24. The summed E-state index contributed by atoms with van der Waals surface area (Å²) in [5.74, 6) is -0.242. The molecule has 1 aliphatic heterocycles. The van der Waals surface area contributed by atoms with Crippen LogP contribution in [0, 0.1) is 19.8 Å². The number of nitrogens with one attached hydrogen (secondary N) is 1.